The van der Waals surface area contributed by atoms with Gasteiger partial charge >= 0.3 is 6.16 Å². The number of amides is 1. The van der Waals surface area contributed by atoms with Crippen LogP contribution in [-0.4, -0.2) is 30.8 Å². The number of methoxy groups -OCH3 is 2. The largest absolute Gasteiger partial charge is 0.514 e. The molecular formula is C26H21ClN2O6. The Balaban J connectivity index is 1.88. The third kappa shape index (κ3) is 4.97. The van der Waals surface area contributed by atoms with Crippen molar-refractivity contribution in [2.45, 2.75) is 6.54 Å². The smallest absolute Gasteiger partial charge is 0.497 e. The third-order valence-corrected chi connectivity index (χ3v) is 5.53. The number of ether oxygens (including phenoxy) is 3. The minimum absolute atomic E-state index is 0.0605. The average molecular weight is 493 g/mol. The zero-order valence-electron chi connectivity index (χ0n) is 18.9. The second-order valence-electron chi connectivity index (χ2n) is 7.42. The van der Waals surface area contributed by atoms with Crippen molar-refractivity contribution < 1.29 is 23.8 Å². The Labute approximate surface area is 205 Å². The highest BCUT2D eigenvalue weighted by molar-refractivity contribution is 6.31. The van der Waals surface area contributed by atoms with E-state index in [-0.39, 0.29) is 18.0 Å². The summed E-state index contributed by atoms with van der Waals surface area (Å²) < 4.78 is 16.9. The van der Waals surface area contributed by atoms with Gasteiger partial charge in [0.1, 0.15) is 5.75 Å². The number of fused-ring (bicyclic) bond motifs is 1. The highest BCUT2D eigenvalue weighted by Crippen LogP contribution is 2.29. The summed E-state index contributed by atoms with van der Waals surface area (Å²) >= 11 is 6.24. The molecule has 1 amide bonds. The Morgan fingerprint density at radius 2 is 1.74 bits per heavy atom. The number of hydrogen-bond acceptors (Lipinski definition) is 6. The molecule has 0 saturated heterocycles. The Kier molecular flexibility index (Phi) is 7.03. The summed E-state index contributed by atoms with van der Waals surface area (Å²) in [6.07, 6.45) is -1.02. The first kappa shape index (κ1) is 23.8. The molecule has 0 atom stereocenters. The molecule has 0 spiro atoms. The van der Waals surface area contributed by atoms with E-state index in [0.29, 0.717) is 32.9 Å². The maximum Gasteiger partial charge on any atom is 0.514 e. The highest BCUT2D eigenvalue weighted by Gasteiger charge is 2.23. The number of carbonyl (C=O) groups is 2. The van der Waals surface area contributed by atoms with E-state index in [1.165, 1.54) is 7.11 Å². The van der Waals surface area contributed by atoms with Gasteiger partial charge < -0.3 is 19.5 Å². The number of aromatic nitrogens is 1. The van der Waals surface area contributed by atoms with Gasteiger partial charge in [0, 0.05) is 21.7 Å². The van der Waals surface area contributed by atoms with E-state index in [1.54, 1.807) is 71.3 Å². The van der Waals surface area contributed by atoms with Gasteiger partial charge in [0.05, 0.1) is 31.8 Å². The fourth-order valence-electron chi connectivity index (χ4n) is 3.64. The van der Waals surface area contributed by atoms with Crippen molar-refractivity contribution in [1.29, 1.82) is 0 Å². The summed E-state index contributed by atoms with van der Waals surface area (Å²) in [6, 6.07) is 20.4. The van der Waals surface area contributed by atoms with Crippen LogP contribution < -0.4 is 20.2 Å². The van der Waals surface area contributed by atoms with Crippen LogP contribution in [0.3, 0.4) is 0 Å². The number of carbonyl (C=O) groups excluding carboxylic acids is 2. The van der Waals surface area contributed by atoms with Crippen LogP contribution in [-0.2, 0) is 11.3 Å². The maximum absolute atomic E-state index is 13.5. The molecule has 0 saturated carbocycles. The number of rotatable bonds is 6. The van der Waals surface area contributed by atoms with Crippen molar-refractivity contribution in [3.05, 3.63) is 99.2 Å². The van der Waals surface area contributed by atoms with Crippen molar-refractivity contribution in [3.63, 3.8) is 0 Å². The third-order valence-electron chi connectivity index (χ3n) is 5.30. The minimum Gasteiger partial charge on any atom is -0.497 e. The van der Waals surface area contributed by atoms with Crippen molar-refractivity contribution in [3.8, 4) is 17.3 Å². The molecule has 1 N–H and O–H groups in total. The monoisotopic (exact) mass is 492 g/mol. The number of nitrogens with one attached hydrogen (secondary N) is 1. The van der Waals surface area contributed by atoms with E-state index >= 15 is 0 Å². The first-order chi connectivity index (χ1) is 16.9. The molecule has 0 aliphatic carbocycles. The predicted octanol–water partition coefficient (Wildman–Crippen LogP) is 4.73. The first-order valence-corrected chi connectivity index (χ1v) is 10.9. The second kappa shape index (κ2) is 10.3. The molecule has 4 rings (SSSR count). The lowest BCUT2D eigenvalue weighted by Gasteiger charge is -2.20. The average Bonchev–Trinajstić information content (AvgIpc) is 2.88. The molecule has 0 unspecified atom stereocenters. The molecule has 178 valence electrons. The van der Waals surface area contributed by atoms with E-state index in [2.05, 4.69) is 5.32 Å². The molecule has 0 aliphatic heterocycles. The van der Waals surface area contributed by atoms with Crippen LogP contribution in [0.5, 0.6) is 11.6 Å². The number of halogens is 1. The molecule has 0 aliphatic rings. The fraction of sp³-hybridized carbons (Fsp3) is 0.115. The van der Waals surface area contributed by atoms with Crippen LogP contribution in [0.15, 0.2) is 77.6 Å². The van der Waals surface area contributed by atoms with E-state index in [1.807, 2.05) is 6.07 Å². The molecule has 3 aromatic carbocycles. The van der Waals surface area contributed by atoms with Crippen LogP contribution in [0.2, 0.25) is 5.02 Å². The van der Waals surface area contributed by atoms with Gasteiger partial charge in [-0.05, 0) is 48.5 Å². The summed E-state index contributed by atoms with van der Waals surface area (Å²) in [6.45, 7) is -0.216. The number of hydrogen-bond donors (Lipinski definition) is 1. The van der Waals surface area contributed by atoms with Gasteiger partial charge in [-0.2, -0.15) is 0 Å². The lowest BCUT2D eigenvalue weighted by Crippen LogP contribution is -2.29. The Hall–Kier alpha value is -4.30. The number of nitrogens with zero attached hydrogens (tertiary/aromatic N) is 1. The molecule has 0 fully saturated rings. The van der Waals surface area contributed by atoms with Crippen LogP contribution >= 0.6 is 11.6 Å². The van der Waals surface area contributed by atoms with E-state index in [4.69, 9.17) is 25.8 Å². The van der Waals surface area contributed by atoms with Crippen LogP contribution in [0, 0.1) is 0 Å². The summed E-state index contributed by atoms with van der Waals surface area (Å²) in [4.78, 5) is 38.5. The summed E-state index contributed by atoms with van der Waals surface area (Å²) in [7, 11) is 2.66. The molecule has 9 heteroatoms. The zero-order chi connectivity index (χ0) is 24.9. The van der Waals surface area contributed by atoms with E-state index in [9.17, 15) is 14.4 Å². The molecule has 8 nitrogen and oxygen atoms in total. The van der Waals surface area contributed by atoms with Crippen molar-refractivity contribution in [1.82, 2.24) is 9.88 Å². The predicted molar refractivity (Wildman–Crippen MR) is 132 cm³/mol. The Morgan fingerprint density at radius 3 is 2.46 bits per heavy atom. The van der Waals surface area contributed by atoms with Crippen LogP contribution in [0.25, 0.3) is 16.6 Å². The van der Waals surface area contributed by atoms with Gasteiger partial charge in [-0.25, -0.2) is 4.79 Å². The van der Waals surface area contributed by atoms with Gasteiger partial charge in [-0.1, -0.05) is 35.9 Å². The Bertz CT molecular complexity index is 1470. The first-order valence-electron chi connectivity index (χ1n) is 10.5. The fourth-order valence-corrected chi connectivity index (χ4v) is 3.80. The normalized spacial score (nSPS) is 10.6. The SMILES string of the molecule is COC(=O)Oc1c(CNC(=O)c2cccc(OC)c2)c(=O)c2ccc(Cl)cc2n1-c1ccccc1. The Morgan fingerprint density at radius 1 is 0.971 bits per heavy atom. The summed E-state index contributed by atoms with van der Waals surface area (Å²) in [5.41, 5.74) is 1.02. The molecule has 0 bridgehead atoms. The molecule has 0 radical (unpaired) electrons. The van der Waals surface area contributed by atoms with Gasteiger partial charge in [-0.3, -0.25) is 14.2 Å². The van der Waals surface area contributed by atoms with Gasteiger partial charge in [-0.15, -0.1) is 0 Å². The van der Waals surface area contributed by atoms with Crippen molar-refractivity contribution in [2.75, 3.05) is 14.2 Å². The van der Waals surface area contributed by atoms with Crippen LogP contribution in [0.4, 0.5) is 4.79 Å². The highest BCUT2D eigenvalue weighted by atomic mass is 35.5. The lowest BCUT2D eigenvalue weighted by atomic mass is 10.1. The maximum atomic E-state index is 13.5. The summed E-state index contributed by atoms with van der Waals surface area (Å²) in [5.74, 6) is -0.00933. The molecule has 35 heavy (non-hydrogen) atoms. The standard InChI is InChI=1S/C26H21ClN2O6/c1-33-19-10-6-7-16(13-19)24(31)28-15-21-23(30)20-12-11-17(27)14-22(20)29(18-8-4-3-5-9-18)25(21)35-26(32)34-2/h3-14H,15H2,1-2H3,(H,28,31). The minimum atomic E-state index is -1.02. The molecule has 4 aromatic rings. The van der Waals surface area contributed by atoms with Gasteiger partial charge in [0.25, 0.3) is 5.91 Å². The lowest BCUT2D eigenvalue weighted by molar-refractivity contribution is 0.0950. The van der Waals surface area contributed by atoms with E-state index in [0.717, 1.165) is 7.11 Å². The molecule has 1 heterocycles. The van der Waals surface area contributed by atoms with Gasteiger partial charge in [0.2, 0.25) is 5.88 Å². The summed E-state index contributed by atoms with van der Waals surface area (Å²) in [5, 5.41) is 3.46. The number of pyridine rings is 1. The number of benzene rings is 3. The topological polar surface area (TPSA) is 95.9 Å². The van der Waals surface area contributed by atoms with Crippen molar-refractivity contribution >= 4 is 34.6 Å². The van der Waals surface area contributed by atoms with Crippen molar-refractivity contribution in [2.24, 2.45) is 0 Å². The quantitative estimate of drug-likeness (QED) is 0.391. The zero-order valence-corrected chi connectivity index (χ0v) is 19.7. The number of para-hydroxylation sites is 1. The second-order valence-corrected chi connectivity index (χ2v) is 7.85. The molecule has 1 aromatic heterocycles. The van der Waals surface area contributed by atoms with E-state index < -0.39 is 17.5 Å². The van der Waals surface area contributed by atoms with Crippen LogP contribution in [0.1, 0.15) is 15.9 Å². The van der Waals surface area contributed by atoms with Gasteiger partial charge in [0.15, 0.2) is 5.43 Å². The molecular weight excluding hydrogens is 472 g/mol.